The molecule has 0 unspecified atom stereocenters. The molecule has 0 fully saturated rings. The molecule has 19 heavy (non-hydrogen) atoms. The Kier molecular flexibility index (Phi) is 3.17. The molecule has 0 atom stereocenters. The maximum absolute atomic E-state index is 12.5. The predicted octanol–water partition coefficient (Wildman–Crippen LogP) is 3.75. The van der Waals surface area contributed by atoms with Crippen LogP contribution in [0, 0.1) is 0 Å². The Hall–Kier alpha value is -0.890. The van der Waals surface area contributed by atoms with E-state index in [1.54, 1.807) is 18.3 Å². The SMILES string of the molecule is O=S(=O)(c1cc(Br)c(Cl)s1)n1ccc2cccnc21. The Morgan fingerprint density at radius 1 is 1.37 bits per heavy atom. The molecule has 0 bridgehead atoms. The minimum absolute atomic E-state index is 0.174. The zero-order valence-corrected chi connectivity index (χ0v) is 13.2. The van der Waals surface area contributed by atoms with Gasteiger partial charge in [0, 0.05) is 22.3 Å². The number of hydrogen-bond acceptors (Lipinski definition) is 4. The lowest BCUT2D eigenvalue weighted by Crippen LogP contribution is -2.10. The van der Waals surface area contributed by atoms with Gasteiger partial charge in [0.15, 0.2) is 5.65 Å². The van der Waals surface area contributed by atoms with Crippen LogP contribution in [-0.2, 0) is 10.0 Å². The molecule has 8 heteroatoms. The molecule has 3 aromatic rings. The summed E-state index contributed by atoms with van der Waals surface area (Å²) < 4.78 is 27.4. The topological polar surface area (TPSA) is 52.0 Å². The van der Waals surface area contributed by atoms with Crippen molar-refractivity contribution < 1.29 is 8.42 Å². The van der Waals surface area contributed by atoms with Gasteiger partial charge >= 0.3 is 0 Å². The van der Waals surface area contributed by atoms with Gasteiger partial charge in [0.1, 0.15) is 8.55 Å². The molecule has 0 N–H and O–H groups in total. The standard InChI is InChI=1S/C11H6BrClN2O2S2/c12-8-6-9(18-10(8)13)19(16,17)15-5-3-7-2-1-4-14-11(7)15/h1-6H. The van der Waals surface area contributed by atoms with Crippen LogP contribution < -0.4 is 0 Å². The van der Waals surface area contributed by atoms with Crippen molar-refractivity contribution in [3.05, 3.63) is 45.5 Å². The summed E-state index contributed by atoms with van der Waals surface area (Å²) in [5.74, 6) is 0. The predicted molar refractivity (Wildman–Crippen MR) is 79.3 cm³/mol. The molecule has 98 valence electrons. The molecule has 0 aliphatic carbocycles. The second-order valence-electron chi connectivity index (χ2n) is 3.72. The van der Waals surface area contributed by atoms with Crippen molar-refractivity contribution in [2.75, 3.05) is 0 Å². The molecule has 3 rings (SSSR count). The highest BCUT2D eigenvalue weighted by Crippen LogP contribution is 2.36. The number of pyridine rings is 1. The Labute approximate surface area is 126 Å². The van der Waals surface area contributed by atoms with E-state index in [4.69, 9.17) is 11.6 Å². The molecule has 0 saturated carbocycles. The maximum atomic E-state index is 12.5. The third kappa shape index (κ3) is 2.10. The van der Waals surface area contributed by atoms with Crippen molar-refractivity contribution in [3.63, 3.8) is 0 Å². The smallest absolute Gasteiger partial charge is 0.237 e. The summed E-state index contributed by atoms with van der Waals surface area (Å²) >= 11 is 10.1. The fourth-order valence-electron chi connectivity index (χ4n) is 1.69. The minimum atomic E-state index is -3.67. The van der Waals surface area contributed by atoms with Gasteiger partial charge in [0.2, 0.25) is 0 Å². The molecule has 0 spiro atoms. The van der Waals surface area contributed by atoms with Gasteiger partial charge < -0.3 is 0 Å². The van der Waals surface area contributed by atoms with Gasteiger partial charge in [-0.15, -0.1) is 11.3 Å². The number of fused-ring (bicyclic) bond motifs is 1. The van der Waals surface area contributed by atoms with Crippen LogP contribution in [0.2, 0.25) is 4.34 Å². The van der Waals surface area contributed by atoms with E-state index in [0.29, 0.717) is 14.5 Å². The molecule has 4 nitrogen and oxygen atoms in total. The number of thiophene rings is 1. The average molecular weight is 378 g/mol. The number of nitrogens with zero attached hydrogens (tertiary/aromatic N) is 2. The highest BCUT2D eigenvalue weighted by atomic mass is 79.9. The van der Waals surface area contributed by atoms with Gasteiger partial charge in [-0.1, -0.05) is 11.6 Å². The summed E-state index contributed by atoms with van der Waals surface area (Å²) in [6.45, 7) is 0. The Bertz CT molecular complexity index is 850. The molecule has 0 aliphatic rings. The van der Waals surface area contributed by atoms with Crippen LogP contribution in [0.3, 0.4) is 0 Å². The summed E-state index contributed by atoms with van der Waals surface area (Å²) in [5.41, 5.74) is 0.406. The first-order chi connectivity index (χ1) is 9.00. The molecule has 0 aliphatic heterocycles. The summed E-state index contributed by atoms with van der Waals surface area (Å²) in [6, 6.07) is 6.78. The van der Waals surface area contributed by atoms with Crippen LogP contribution in [-0.4, -0.2) is 17.4 Å². The lowest BCUT2D eigenvalue weighted by atomic mass is 10.3. The third-order valence-electron chi connectivity index (χ3n) is 2.55. The fraction of sp³-hybridized carbons (Fsp3) is 0. The zero-order valence-electron chi connectivity index (χ0n) is 9.25. The summed E-state index contributed by atoms with van der Waals surface area (Å²) in [5, 5.41) is 0.771. The van der Waals surface area contributed by atoms with Crippen LogP contribution in [0.1, 0.15) is 0 Å². The average Bonchev–Trinajstić information content (AvgIpc) is 2.94. The van der Waals surface area contributed by atoms with Gasteiger partial charge in [-0.2, -0.15) is 8.42 Å². The first kappa shape index (κ1) is 13.1. The number of aromatic nitrogens is 2. The fourth-order valence-corrected chi connectivity index (χ4v) is 5.39. The number of rotatable bonds is 2. The van der Waals surface area contributed by atoms with Gasteiger partial charge in [-0.05, 0) is 40.2 Å². The molecule has 0 radical (unpaired) electrons. The zero-order chi connectivity index (χ0) is 13.6. The molecular weight excluding hydrogens is 372 g/mol. The molecule has 0 aromatic carbocycles. The van der Waals surface area contributed by atoms with Crippen LogP contribution in [0.15, 0.2) is 45.3 Å². The summed E-state index contributed by atoms with van der Waals surface area (Å²) in [7, 11) is -3.67. The molecule has 0 saturated heterocycles. The van der Waals surface area contributed by atoms with Crippen molar-refractivity contribution in [2.45, 2.75) is 4.21 Å². The van der Waals surface area contributed by atoms with Crippen molar-refractivity contribution >= 4 is 59.9 Å². The van der Waals surface area contributed by atoms with E-state index in [-0.39, 0.29) is 4.21 Å². The maximum Gasteiger partial charge on any atom is 0.278 e. The van der Waals surface area contributed by atoms with Gasteiger partial charge in [0.25, 0.3) is 10.0 Å². The van der Waals surface area contributed by atoms with E-state index < -0.39 is 10.0 Å². The number of halogens is 2. The van der Waals surface area contributed by atoms with Crippen molar-refractivity contribution in [2.24, 2.45) is 0 Å². The van der Waals surface area contributed by atoms with E-state index in [1.165, 1.54) is 12.3 Å². The second-order valence-corrected chi connectivity index (χ2v) is 8.27. The summed E-state index contributed by atoms with van der Waals surface area (Å²) in [4.78, 5) is 4.11. The van der Waals surface area contributed by atoms with E-state index in [9.17, 15) is 8.42 Å². The largest absolute Gasteiger partial charge is 0.278 e. The van der Waals surface area contributed by atoms with Crippen molar-refractivity contribution in [3.8, 4) is 0 Å². The van der Waals surface area contributed by atoms with E-state index in [2.05, 4.69) is 20.9 Å². The van der Waals surface area contributed by atoms with E-state index in [0.717, 1.165) is 20.7 Å². The Morgan fingerprint density at radius 2 is 2.16 bits per heavy atom. The molecule has 3 heterocycles. The molecule has 0 amide bonds. The lowest BCUT2D eigenvalue weighted by Gasteiger charge is -2.03. The molecular formula is C11H6BrClN2O2S2. The Balaban J connectivity index is 2.25. The normalized spacial score (nSPS) is 12.1. The quantitative estimate of drug-likeness (QED) is 0.683. The van der Waals surface area contributed by atoms with Crippen molar-refractivity contribution in [1.29, 1.82) is 0 Å². The monoisotopic (exact) mass is 376 g/mol. The van der Waals surface area contributed by atoms with Gasteiger partial charge in [-0.3, -0.25) is 0 Å². The highest BCUT2D eigenvalue weighted by Gasteiger charge is 2.23. The van der Waals surface area contributed by atoms with Gasteiger partial charge in [0.05, 0.1) is 0 Å². The lowest BCUT2D eigenvalue weighted by molar-refractivity contribution is 0.591. The first-order valence-electron chi connectivity index (χ1n) is 5.12. The number of hydrogen-bond donors (Lipinski definition) is 0. The minimum Gasteiger partial charge on any atom is -0.237 e. The van der Waals surface area contributed by atoms with E-state index >= 15 is 0 Å². The summed E-state index contributed by atoms with van der Waals surface area (Å²) in [6.07, 6.45) is 3.06. The Morgan fingerprint density at radius 3 is 2.84 bits per heavy atom. The van der Waals surface area contributed by atoms with Crippen LogP contribution in [0.5, 0.6) is 0 Å². The molecule has 3 aromatic heterocycles. The van der Waals surface area contributed by atoms with Crippen LogP contribution in [0.25, 0.3) is 11.0 Å². The van der Waals surface area contributed by atoms with Gasteiger partial charge in [-0.25, -0.2) is 8.96 Å². The first-order valence-corrected chi connectivity index (χ1v) is 8.55. The third-order valence-corrected chi connectivity index (χ3v) is 7.14. The highest BCUT2D eigenvalue weighted by molar-refractivity contribution is 9.10. The van der Waals surface area contributed by atoms with Crippen LogP contribution in [0.4, 0.5) is 0 Å². The van der Waals surface area contributed by atoms with Crippen molar-refractivity contribution in [1.82, 2.24) is 8.96 Å². The van der Waals surface area contributed by atoms with Crippen LogP contribution >= 0.6 is 38.9 Å². The second kappa shape index (κ2) is 4.59. The van der Waals surface area contributed by atoms with E-state index in [1.807, 2.05) is 6.07 Å².